The van der Waals surface area contributed by atoms with E-state index in [2.05, 4.69) is 47.8 Å². The summed E-state index contributed by atoms with van der Waals surface area (Å²) in [6, 6.07) is 9.43. The molecule has 1 aromatic heterocycles. The number of aromatic nitrogens is 2. The first-order valence-electron chi connectivity index (χ1n) is 7.58. The highest BCUT2D eigenvalue weighted by Gasteiger charge is 2.18. The molecule has 3 nitrogen and oxygen atoms in total. The van der Waals surface area contributed by atoms with E-state index >= 15 is 0 Å². The molecule has 1 heterocycles. The van der Waals surface area contributed by atoms with Crippen molar-refractivity contribution >= 4 is 0 Å². The Kier molecular flexibility index (Phi) is 3.88. The van der Waals surface area contributed by atoms with Gasteiger partial charge in [0.05, 0.1) is 5.69 Å². The topological polar surface area (TPSA) is 29.9 Å². The molecule has 1 unspecified atom stereocenters. The van der Waals surface area contributed by atoms with E-state index < -0.39 is 0 Å². The van der Waals surface area contributed by atoms with E-state index in [0.717, 1.165) is 19.4 Å². The van der Waals surface area contributed by atoms with Crippen molar-refractivity contribution < 1.29 is 0 Å². The molecule has 0 saturated carbocycles. The van der Waals surface area contributed by atoms with Gasteiger partial charge in [0.2, 0.25) is 0 Å². The van der Waals surface area contributed by atoms with Gasteiger partial charge in [-0.1, -0.05) is 31.2 Å². The van der Waals surface area contributed by atoms with Crippen molar-refractivity contribution in [1.29, 1.82) is 0 Å². The third-order valence-corrected chi connectivity index (χ3v) is 4.25. The molecule has 0 radical (unpaired) electrons. The number of fused-ring (bicyclic) bond motifs is 1. The standard InChI is InChI=1S/C17H23N3/c1-3-17-15(12-20(2)19-17)11-18-16-9-8-13-6-4-5-7-14(13)10-16/h4-7,12,16,18H,3,8-11H2,1-2H3. The number of hydrogen-bond donors (Lipinski definition) is 1. The van der Waals surface area contributed by atoms with Crippen LogP contribution >= 0.6 is 0 Å². The molecule has 1 aliphatic rings. The van der Waals surface area contributed by atoms with Crippen LogP contribution in [-0.2, 0) is 32.9 Å². The van der Waals surface area contributed by atoms with Crippen LogP contribution < -0.4 is 5.32 Å². The number of nitrogens with zero attached hydrogens (tertiary/aromatic N) is 2. The monoisotopic (exact) mass is 269 g/mol. The van der Waals surface area contributed by atoms with Crippen molar-refractivity contribution in [3.05, 3.63) is 52.8 Å². The zero-order valence-electron chi connectivity index (χ0n) is 12.4. The quantitative estimate of drug-likeness (QED) is 0.924. The molecule has 0 bridgehead atoms. The van der Waals surface area contributed by atoms with Gasteiger partial charge < -0.3 is 5.32 Å². The van der Waals surface area contributed by atoms with Crippen molar-refractivity contribution in [3.63, 3.8) is 0 Å². The lowest BCUT2D eigenvalue weighted by Gasteiger charge is -2.25. The van der Waals surface area contributed by atoms with Gasteiger partial charge in [0.1, 0.15) is 0 Å². The Morgan fingerprint density at radius 1 is 1.30 bits per heavy atom. The Hall–Kier alpha value is -1.61. The first kappa shape index (κ1) is 13.4. The fourth-order valence-corrected chi connectivity index (χ4v) is 3.16. The number of benzene rings is 1. The molecule has 1 aliphatic carbocycles. The number of nitrogens with one attached hydrogen (secondary N) is 1. The van der Waals surface area contributed by atoms with Crippen LogP contribution in [0.1, 0.15) is 35.7 Å². The van der Waals surface area contributed by atoms with Gasteiger partial charge in [0, 0.05) is 31.4 Å². The maximum atomic E-state index is 4.51. The maximum absolute atomic E-state index is 4.51. The highest BCUT2D eigenvalue weighted by atomic mass is 15.3. The van der Waals surface area contributed by atoms with Crippen LogP contribution in [0.2, 0.25) is 0 Å². The molecule has 0 aliphatic heterocycles. The minimum Gasteiger partial charge on any atom is -0.309 e. The highest BCUT2D eigenvalue weighted by molar-refractivity contribution is 5.30. The molecule has 0 saturated heterocycles. The van der Waals surface area contributed by atoms with Crippen LogP contribution in [0.4, 0.5) is 0 Å². The second-order valence-corrected chi connectivity index (χ2v) is 5.72. The van der Waals surface area contributed by atoms with Gasteiger partial charge in [-0.3, -0.25) is 4.68 Å². The fraction of sp³-hybridized carbons (Fsp3) is 0.471. The summed E-state index contributed by atoms with van der Waals surface area (Å²) in [7, 11) is 2.00. The third kappa shape index (κ3) is 2.78. The van der Waals surface area contributed by atoms with Gasteiger partial charge in [0.15, 0.2) is 0 Å². The lowest BCUT2D eigenvalue weighted by molar-refractivity contribution is 0.457. The summed E-state index contributed by atoms with van der Waals surface area (Å²) >= 11 is 0. The summed E-state index contributed by atoms with van der Waals surface area (Å²) in [5, 5.41) is 8.22. The van der Waals surface area contributed by atoms with Gasteiger partial charge in [-0.2, -0.15) is 5.10 Å². The second-order valence-electron chi connectivity index (χ2n) is 5.72. The van der Waals surface area contributed by atoms with Gasteiger partial charge in [-0.05, 0) is 36.8 Å². The van der Waals surface area contributed by atoms with E-state index in [9.17, 15) is 0 Å². The number of rotatable bonds is 4. The van der Waals surface area contributed by atoms with Gasteiger partial charge >= 0.3 is 0 Å². The van der Waals surface area contributed by atoms with Crippen molar-refractivity contribution in [2.45, 2.75) is 45.2 Å². The predicted molar refractivity (Wildman–Crippen MR) is 81.7 cm³/mol. The van der Waals surface area contributed by atoms with Crippen molar-refractivity contribution in [3.8, 4) is 0 Å². The Bertz CT molecular complexity index is 586. The summed E-state index contributed by atoms with van der Waals surface area (Å²) < 4.78 is 1.92. The van der Waals surface area contributed by atoms with Crippen LogP contribution in [0.5, 0.6) is 0 Å². The molecule has 0 amide bonds. The zero-order valence-corrected chi connectivity index (χ0v) is 12.4. The molecule has 1 aromatic carbocycles. The van der Waals surface area contributed by atoms with Gasteiger partial charge in [0.25, 0.3) is 0 Å². The summed E-state index contributed by atoms with van der Waals surface area (Å²) in [6.45, 7) is 3.10. The lowest BCUT2D eigenvalue weighted by Crippen LogP contribution is -2.34. The third-order valence-electron chi connectivity index (χ3n) is 4.25. The zero-order chi connectivity index (χ0) is 13.9. The average Bonchev–Trinajstić information content (AvgIpc) is 2.85. The van der Waals surface area contributed by atoms with Crippen LogP contribution in [0.25, 0.3) is 0 Å². The van der Waals surface area contributed by atoms with E-state index in [-0.39, 0.29) is 0 Å². The molecule has 1 atom stereocenters. The predicted octanol–water partition coefficient (Wildman–Crippen LogP) is 2.63. The molecule has 3 heteroatoms. The Morgan fingerprint density at radius 2 is 2.10 bits per heavy atom. The molecular weight excluding hydrogens is 246 g/mol. The summed E-state index contributed by atoms with van der Waals surface area (Å²) in [5.41, 5.74) is 5.60. The lowest BCUT2D eigenvalue weighted by atomic mass is 9.88. The van der Waals surface area contributed by atoms with Crippen LogP contribution in [0.3, 0.4) is 0 Å². The summed E-state index contributed by atoms with van der Waals surface area (Å²) in [4.78, 5) is 0. The maximum Gasteiger partial charge on any atom is 0.0666 e. The first-order chi connectivity index (χ1) is 9.76. The molecule has 0 spiro atoms. The Balaban J connectivity index is 1.62. The number of aryl methyl sites for hydroxylation is 3. The Labute approximate surface area is 121 Å². The van der Waals surface area contributed by atoms with Crippen LogP contribution in [-0.4, -0.2) is 15.8 Å². The van der Waals surface area contributed by atoms with E-state index in [4.69, 9.17) is 0 Å². The van der Waals surface area contributed by atoms with E-state index in [1.54, 1.807) is 0 Å². The largest absolute Gasteiger partial charge is 0.309 e. The van der Waals surface area contributed by atoms with Crippen molar-refractivity contribution in [2.24, 2.45) is 7.05 Å². The normalized spacial score (nSPS) is 18.0. The molecule has 1 N–H and O–H groups in total. The molecular formula is C17H23N3. The molecule has 2 aromatic rings. The number of hydrogen-bond acceptors (Lipinski definition) is 2. The summed E-state index contributed by atoms with van der Waals surface area (Å²) in [6.07, 6.45) is 6.73. The fourth-order valence-electron chi connectivity index (χ4n) is 3.16. The molecule has 0 fully saturated rings. The van der Waals surface area contributed by atoms with E-state index in [1.807, 2.05) is 11.7 Å². The van der Waals surface area contributed by atoms with Crippen LogP contribution in [0, 0.1) is 0 Å². The Morgan fingerprint density at radius 3 is 2.90 bits per heavy atom. The summed E-state index contributed by atoms with van der Waals surface area (Å²) in [5.74, 6) is 0. The minimum atomic E-state index is 0.592. The van der Waals surface area contributed by atoms with Crippen molar-refractivity contribution in [2.75, 3.05) is 0 Å². The smallest absolute Gasteiger partial charge is 0.0666 e. The van der Waals surface area contributed by atoms with E-state index in [1.165, 1.54) is 35.2 Å². The molecule has 106 valence electrons. The minimum absolute atomic E-state index is 0.592. The first-order valence-corrected chi connectivity index (χ1v) is 7.58. The van der Waals surface area contributed by atoms with Gasteiger partial charge in [-0.25, -0.2) is 0 Å². The SMILES string of the molecule is CCc1nn(C)cc1CNC1CCc2ccccc2C1. The van der Waals surface area contributed by atoms with E-state index in [0.29, 0.717) is 6.04 Å². The second kappa shape index (κ2) is 5.80. The highest BCUT2D eigenvalue weighted by Crippen LogP contribution is 2.21. The average molecular weight is 269 g/mol. The molecule has 3 rings (SSSR count). The molecule has 20 heavy (non-hydrogen) atoms. The van der Waals surface area contributed by atoms with Gasteiger partial charge in [-0.15, -0.1) is 0 Å². The van der Waals surface area contributed by atoms with Crippen molar-refractivity contribution in [1.82, 2.24) is 15.1 Å². The van der Waals surface area contributed by atoms with Crippen LogP contribution in [0.15, 0.2) is 30.5 Å².